The summed E-state index contributed by atoms with van der Waals surface area (Å²) in [7, 11) is -1.98. The number of rotatable bonds is 5. The third-order valence-corrected chi connectivity index (χ3v) is 8.19. The standard InChI is InChI=1S/C23H19Cl2NO4S/c1-30-18-7-9-19(10-8-18)31(28,29)20-13-26(14-20)23(27)16-4-2-15(3-5-16)17-6-11-21(24)22(25)12-17/h2-12,20H,13-14H2,1H3. The van der Waals surface area contributed by atoms with Crippen molar-refractivity contribution in [1.82, 2.24) is 4.90 Å². The van der Waals surface area contributed by atoms with Crippen LogP contribution in [0.1, 0.15) is 10.4 Å². The van der Waals surface area contributed by atoms with Gasteiger partial charge in [-0.25, -0.2) is 8.42 Å². The average molecular weight is 476 g/mol. The Bertz CT molecular complexity index is 1220. The average Bonchev–Trinajstić information content (AvgIpc) is 2.74. The molecule has 0 spiro atoms. The van der Waals surface area contributed by atoms with Gasteiger partial charge >= 0.3 is 0 Å². The van der Waals surface area contributed by atoms with Gasteiger partial charge in [-0.3, -0.25) is 4.79 Å². The first-order valence-electron chi connectivity index (χ1n) is 9.52. The van der Waals surface area contributed by atoms with Gasteiger partial charge in [0, 0.05) is 18.7 Å². The molecule has 5 nitrogen and oxygen atoms in total. The van der Waals surface area contributed by atoms with Crippen LogP contribution in [0.2, 0.25) is 10.0 Å². The second kappa shape index (κ2) is 8.54. The smallest absolute Gasteiger partial charge is 0.253 e. The highest BCUT2D eigenvalue weighted by Crippen LogP contribution is 2.30. The van der Waals surface area contributed by atoms with Gasteiger partial charge in [0.25, 0.3) is 5.91 Å². The lowest BCUT2D eigenvalue weighted by molar-refractivity contribution is 0.0659. The zero-order chi connectivity index (χ0) is 22.2. The zero-order valence-electron chi connectivity index (χ0n) is 16.6. The molecular weight excluding hydrogens is 457 g/mol. The molecule has 0 saturated carbocycles. The van der Waals surface area contributed by atoms with E-state index in [-0.39, 0.29) is 23.9 Å². The largest absolute Gasteiger partial charge is 0.497 e. The summed E-state index contributed by atoms with van der Waals surface area (Å²) in [6, 6.07) is 18.8. The Balaban J connectivity index is 1.42. The maximum Gasteiger partial charge on any atom is 0.253 e. The molecule has 0 aliphatic carbocycles. The third kappa shape index (κ3) is 4.28. The van der Waals surface area contributed by atoms with Gasteiger partial charge in [-0.2, -0.15) is 0 Å². The van der Waals surface area contributed by atoms with Crippen LogP contribution in [0.5, 0.6) is 5.75 Å². The number of carbonyl (C=O) groups is 1. The van der Waals surface area contributed by atoms with Crippen LogP contribution < -0.4 is 4.74 Å². The van der Waals surface area contributed by atoms with Gasteiger partial charge in [0.2, 0.25) is 0 Å². The van der Waals surface area contributed by atoms with Crippen LogP contribution in [0.3, 0.4) is 0 Å². The van der Waals surface area contributed by atoms with Crippen LogP contribution in [0.25, 0.3) is 11.1 Å². The number of nitrogens with zero attached hydrogens (tertiary/aromatic N) is 1. The van der Waals surface area contributed by atoms with Crippen molar-refractivity contribution in [3.05, 3.63) is 82.3 Å². The molecule has 8 heteroatoms. The van der Waals surface area contributed by atoms with E-state index >= 15 is 0 Å². The van der Waals surface area contributed by atoms with E-state index in [1.807, 2.05) is 18.2 Å². The van der Waals surface area contributed by atoms with Crippen LogP contribution in [0.4, 0.5) is 0 Å². The number of benzene rings is 3. The van der Waals surface area contributed by atoms with Crippen LogP contribution in [0.15, 0.2) is 71.6 Å². The van der Waals surface area contributed by atoms with Gasteiger partial charge < -0.3 is 9.64 Å². The highest BCUT2D eigenvalue weighted by Gasteiger charge is 2.40. The second-order valence-electron chi connectivity index (χ2n) is 7.26. The molecule has 1 saturated heterocycles. The first-order valence-corrected chi connectivity index (χ1v) is 11.8. The van der Waals surface area contributed by atoms with Gasteiger partial charge in [-0.05, 0) is 59.7 Å². The van der Waals surface area contributed by atoms with Crippen molar-refractivity contribution in [3.8, 4) is 16.9 Å². The van der Waals surface area contributed by atoms with Crippen molar-refractivity contribution in [3.63, 3.8) is 0 Å². The van der Waals surface area contributed by atoms with Crippen LogP contribution in [-0.4, -0.2) is 44.7 Å². The van der Waals surface area contributed by atoms with E-state index in [9.17, 15) is 13.2 Å². The number of ether oxygens (including phenoxy) is 1. The quantitative estimate of drug-likeness (QED) is 0.522. The fourth-order valence-corrected chi connectivity index (χ4v) is 5.37. The maximum atomic E-state index is 12.8. The van der Waals surface area contributed by atoms with E-state index in [2.05, 4.69) is 0 Å². The SMILES string of the molecule is COc1ccc(S(=O)(=O)C2CN(C(=O)c3ccc(-c4ccc(Cl)c(Cl)c4)cc3)C2)cc1. The first kappa shape index (κ1) is 21.7. The van der Waals surface area contributed by atoms with Gasteiger partial charge in [0.15, 0.2) is 9.84 Å². The topological polar surface area (TPSA) is 63.7 Å². The summed E-state index contributed by atoms with van der Waals surface area (Å²) in [5.74, 6) is 0.399. The molecule has 0 aromatic heterocycles. The minimum absolute atomic E-state index is 0.168. The van der Waals surface area contributed by atoms with Crippen molar-refractivity contribution >= 4 is 38.9 Å². The molecule has 31 heavy (non-hydrogen) atoms. The predicted octanol–water partition coefficient (Wildman–Crippen LogP) is 4.97. The molecule has 1 aliphatic heterocycles. The zero-order valence-corrected chi connectivity index (χ0v) is 18.9. The van der Waals surface area contributed by atoms with Crippen molar-refractivity contribution in [2.24, 2.45) is 0 Å². The number of carbonyl (C=O) groups excluding carboxylic acids is 1. The van der Waals surface area contributed by atoms with E-state index < -0.39 is 15.1 Å². The fourth-order valence-electron chi connectivity index (χ4n) is 3.42. The van der Waals surface area contributed by atoms with E-state index in [1.165, 1.54) is 19.2 Å². The molecule has 1 fully saturated rings. The second-order valence-corrected chi connectivity index (χ2v) is 10.3. The molecular formula is C23H19Cl2NO4S. The highest BCUT2D eigenvalue weighted by molar-refractivity contribution is 7.92. The molecule has 4 rings (SSSR count). The van der Waals surface area contributed by atoms with E-state index in [1.54, 1.807) is 41.3 Å². The lowest BCUT2D eigenvalue weighted by Crippen LogP contribution is -2.56. The Morgan fingerprint density at radius 1 is 0.903 bits per heavy atom. The molecule has 1 amide bonds. The van der Waals surface area contributed by atoms with E-state index in [0.717, 1.165) is 11.1 Å². The molecule has 0 atom stereocenters. The minimum atomic E-state index is -3.50. The number of halogens is 2. The molecule has 0 radical (unpaired) electrons. The number of hydrogen-bond acceptors (Lipinski definition) is 4. The van der Waals surface area contributed by atoms with Crippen LogP contribution in [-0.2, 0) is 9.84 Å². The van der Waals surface area contributed by atoms with Crippen molar-refractivity contribution in [1.29, 1.82) is 0 Å². The Labute approximate surface area is 191 Å². The summed E-state index contributed by atoms with van der Waals surface area (Å²) >= 11 is 12.0. The van der Waals surface area contributed by atoms with E-state index in [4.69, 9.17) is 27.9 Å². The Kier molecular flexibility index (Phi) is 5.97. The van der Waals surface area contributed by atoms with Gasteiger partial charge in [0.05, 0.1) is 22.1 Å². The van der Waals surface area contributed by atoms with Gasteiger partial charge in [-0.1, -0.05) is 41.4 Å². The Morgan fingerprint density at radius 2 is 1.52 bits per heavy atom. The molecule has 0 N–H and O–H groups in total. The van der Waals surface area contributed by atoms with Crippen molar-refractivity contribution < 1.29 is 17.9 Å². The van der Waals surface area contributed by atoms with Crippen LogP contribution >= 0.6 is 23.2 Å². The summed E-state index contributed by atoms with van der Waals surface area (Å²) in [4.78, 5) is 14.5. The monoisotopic (exact) mass is 475 g/mol. The number of amides is 1. The molecule has 1 heterocycles. The van der Waals surface area contributed by atoms with E-state index in [0.29, 0.717) is 21.4 Å². The molecule has 0 unspecified atom stereocenters. The number of methoxy groups -OCH3 is 1. The predicted molar refractivity (Wildman–Crippen MR) is 122 cm³/mol. The summed E-state index contributed by atoms with van der Waals surface area (Å²) in [5, 5.41) is 0.332. The highest BCUT2D eigenvalue weighted by atomic mass is 35.5. The molecule has 3 aromatic carbocycles. The number of likely N-dealkylation sites (tertiary alicyclic amines) is 1. The normalized spacial score (nSPS) is 14.2. The van der Waals surface area contributed by atoms with Gasteiger partial charge in [-0.15, -0.1) is 0 Å². The lowest BCUT2D eigenvalue weighted by atomic mass is 10.0. The Hall–Kier alpha value is -2.54. The maximum absolute atomic E-state index is 12.8. The van der Waals surface area contributed by atoms with Crippen LogP contribution in [0, 0.1) is 0 Å². The number of hydrogen-bond donors (Lipinski definition) is 0. The molecule has 160 valence electrons. The molecule has 0 bridgehead atoms. The fraction of sp³-hybridized carbons (Fsp3) is 0.174. The lowest BCUT2D eigenvalue weighted by Gasteiger charge is -2.38. The number of sulfone groups is 1. The first-order chi connectivity index (χ1) is 14.8. The molecule has 3 aromatic rings. The third-order valence-electron chi connectivity index (χ3n) is 5.35. The molecule has 1 aliphatic rings. The summed E-state index contributed by atoms with van der Waals surface area (Å²) < 4.78 is 30.6. The Morgan fingerprint density at radius 3 is 2.10 bits per heavy atom. The summed E-state index contributed by atoms with van der Waals surface area (Å²) in [6.07, 6.45) is 0. The minimum Gasteiger partial charge on any atom is -0.497 e. The van der Waals surface area contributed by atoms with Crippen molar-refractivity contribution in [2.45, 2.75) is 10.1 Å². The summed E-state index contributed by atoms with van der Waals surface area (Å²) in [6.45, 7) is 0.337. The van der Waals surface area contributed by atoms with Gasteiger partial charge in [0.1, 0.15) is 11.0 Å². The van der Waals surface area contributed by atoms with Crippen molar-refractivity contribution in [2.75, 3.05) is 20.2 Å². The summed E-state index contributed by atoms with van der Waals surface area (Å²) in [5.41, 5.74) is 2.30.